The fraction of sp³-hybridized carbons (Fsp3) is 0.278. The van der Waals surface area contributed by atoms with Crippen molar-refractivity contribution in [2.75, 3.05) is 7.11 Å². The minimum Gasteiger partial charge on any atom is -0.496 e. The van der Waals surface area contributed by atoms with Gasteiger partial charge in [0.05, 0.1) is 12.7 Å². The van der Waals surface area contributed by atoms with E-state index in [1.54, 1.807) is 25.3 Å². The van der Waals surface area contributed by atoms with Gasteiger partial charge in [-0.1, -0.05) is 35.9 Å². The number of hydrogen-bond acceptors (Lipinski definition) is 2. The van der Waals surface area contributed by atoms with Crippen LogP contribution in [0.25, 0.3) is 0 Å². The average molecular weight is 301 g/mol. The van der Waals surface area contributed by atoms with Gasteiger partial charge < -0.3 is 4.74 Å². The van der Waals surface area contributed by atoms with Gasteiger partial charge in [0.15, 0.2) is 5.78 Å². The van der Waals surface area contributed by atoms with Crippen molar-refractivity contribution in [3.63, 3.8) is 0 Å². The third-order valence-corrected chi connectivity index (χ3v) is 4.38. The highest BCUT2D eigenvalue weighted by Crippen LogP contribution is 2.31. The number of ketones is 1. The summed E-state index contributed by atoms with van der Waals surface area (Å²) < 4.78 is 5.30. The molecule has 0 heterocycles. The van der Waals surface area contributed by atoms with Crippen LogP contribution in [0.15, 0.2) is 42.5 Å². The maximum Gasteiger partial charge on any atom is 0.170 e. The summed E-state index contributed by atoms with van der Waals surface area (Å²) in [7, 11) is 1.57. The van der Waals surface area contributed by atoms with Gasteiger partial charge >= 0.3 is 0 Å². The van der Waals surface area contributed by atoms with Crippen LogP contribution in [0.1, 0.15) is 27.9 Å². The molecule has 1 atom stereocenters. The highest BCUT2D eigenvalue weighted by atomic mass is 35.5. The van der Waals surface area contributed by atoms with Gasteiger partial charge in [0.1, 0.15) is 5.75 Å². The molecule has 0 amide bonds. The molecule has 108 valence electrons. The Morgan fingerprint density at radius 1 is 1.19 bits per heavy atom. The number of fused-ring (bicyclic) bond motifs is 1. The van der Waals surface area contributed by atoms with Crippen LogP contribution < -0.4 is 4.74 Å². The van der Waals surface area contributed by atoms with E-state index in [1.165, 1.54) is 11.1 Å². The zero-order valence-corrected chi connectivity index (χ0v) is 12.7. The summed E-state index contributed by atoms with van der Waals surface area (Å²) in [6, 6.07) is 13.6. The Hall–Kier alpha value is -1.80. The molecule has 2 aromatic rings. The van der Waals surface area contributed by atoms with E-state index in [-0.39, 0.29) is 11.7 Å². The molecule has 0 radical (unpaired) electrons. The number of hydrogen-bond donors (Lipinski definition) is 0. The predicted molar refractivity (Wildman–Crippen MR) is 84.3 cm³/mol. The molecule has 0 fully saturated rings. The van der Waals surface area contributed by atoms with Gasteiger partial charge in [0.2, 0.25) is 0 Å². The van der Waals surface area contributed by atoms with Crippen LogP contribution in [0.5, 0.6) is 5.75 Å². The van der Waals surface area contributed by atoms with E-state index in [1.807, 2.05) is 6.07 Å². The Morgan fingerprint density at radius 2 is 1.95 bits per heavy atom. The predicted octanol–water partition coefficient (Wildman–Crippen LogP) is 4.34. The van der Waals surface area contributed by atoms with E-state index in [2.05, 4.69) is 18.2 Å². The number of carbonyl (C=O) groups excluding carboxylic acids is 1. The molecule has 21 heavy (non-hydrogen) atoms. The van der Waals surface area contributed by atoms with E-state index in [9.17, 15) is 4.79 Å². The van der Waals surface area contributed by atoms with E-state index in [4.69, 9.17) is 16.3 Å². The summed E-state index contributed by atoms with van der Waals surface area (Å²) in [5.74, 6) is 0.736. The topological polar surface area (TPSA) is 26.3 Å². The molecule has 0 saturated heterocycles. The standard InChI is InChI=1S/C18H17ClO2/c1-21-17-11-15(19)8-9-16(17)18(20)14-7-6-12-4-2-3-5-13(12)10-14/h2-5,8-9,11,14H,6-7,10H2,1H3. The second-order valence-corrected chi connectivity index (χ2v) is 5.85. The van der Waals surface area contributed by atoms with Crippen molar-refractivity contribution in [1.82, 2.24) is 0 Å². The fourth-order valence-corrected chi connectivity index (χ4v) is 3.17. The van der Waals surface area contributed by atoms with Crippen LogP contribution >= 0.6 is 11.6 Å². The summed E-state index contributed by atoms with van der Waals surface area (Å²) in [4.78, 5) is 12.8. The molecule has 0 spiro atoms. The molecule has 2 aromatic carbocycles. The molecule has 0 aliphatic heterocycles. The number of aryl methyl sites for hydroxylation is 1. The number of benzene rings is 2. The lowest BCUT2D eigenvalue weighted by Crippen LogP contribution is -2.23. The number of carbonyl (C=O) groups is 1. The SMILES string of the molecule is COc1cc(Cl)ccc1C(=O)C1CCc2ccccc2C1. The van der Waals surface area contributed by atoms with Gasteiger partial charge in [-0.3, -0.25) is 4.79 Å². The van der Waals surface area contributed by atoms with Crippen LogP contribution in [0.4, 0.5) is 0 Å². The first-order valence-corrected chi connectivity index (χ1v) is 7.51. The van der Waals surface area contributed by atoms with Crippen LogP contribution in [0.3, 0.4) is 0 Å². The summed E-state index contributed by atoms with van der Waals surface area (Å²) in [5, 5.41) is 0.581. The Balaban J connectivity index is 1.87. The highest BCUT2D eigenvalue weighted by Gasteiger charge is 2.27. The summed E-state index contributed by atoms with van der Waals surface area (Å²) in [6.45, 7) is 0. The van der Waals surface area contributed by atoms with Gasteiger partial charge in [-0.25, -0.2) is 0 Å². The van der Waals surface area contributed by atoms with Crippen molar-refractivity contribution < 1.29 is 9.53 Å². The second-order valence-electron chi connectivity index (χ2n) is 5.42. The van der Waals surface area contributed by atoms with Crippen LogP contribution in [-0.2, 0) is 12.8 Å². The Morgan fingerprint density at radius 3 is 2.71 bits per heavy atom. The van der Waals surface area contributed by atoms with E-state index in [0.717, 1.165) is 19.3 Å². The third kappa shape index (κ3) is 2.81. The smallest absolute Gasteiger partial charge is 0.170 e. The van der Waals surface area contributed by atoms with Crippen molar-refractivity contribution in [2.45, 2.75) is 19.3 Å². The molecular formula is C18H17ClO2. The number of halogens is 1. The summed E-state index contributed by atoms with van der Waals surface area (Å²) in [5.41, 5.74) is 3.28. The molecule has 3 heteroatoms. The van der Waals surface area contributed by atoms with Crippen LogP contribution in [-0.4, -0.2) is 12.9 Å². The molecule has 1 aliphatic carbocycles. The van der Waals surface area contributed by atoms with Gasteiger partial charge in [0.25, 0.3) is 0 Å². The third-order valence-electron chi connectivity index (χ3n) is 4.15. The van der Waals surface area contributed by atoms with Crippen molar-refractivity contribution in [2.24, 2.45) is 5.92 Å². The minimum absolute atomic E-state index is 0.0231. The quantitative estimate of drug-likeness (QED) is 0.788. The average Bonchev–Trinajstić information content (AvgIpc) is 2.53. The molecule has 0 saturated carbocycles. The number of methoxy groups -OCH3 is 1. The van der Waals surface area contributed by atoms with Crippen LogP contribution in [0.2, 0.25) is 5.02 Å². The van der Waals surface area contributed by atoms with Gasteiger partial charge in [0, 0.05) is 10.9 Å². The first kappa shape index (κ1) is 14.2. The van der Waals surface area contributed by atoms with Gasteiger partial charge in [-0.05, 0) is 48.6 Å². The van der Waals surface area contributed by atoms with E-state index >= 15 is 0 Å². The van der Waals surface area contributed by atoms with Crippen molar-refractivity contribution in [1.29, 1.82) is 0 Å². The molecule has 0 bridgehead atoms. The number of rotatable bonds is 3. The zero-order valence-electron chi connectivity index (χ0n) is 11.9. The van der Waals surface area contributed by atoms with Crippen LogP contribution in [0, 0.1) is 5.92 Å². The molecule has 2 nitrogen and oxygen atoms in total. The molecule has 1 unspecified atom stereocenters. The zero-order chi connectivity index (χ0) is 14.8. The monoisotopic (exact) mass is 300 g/mol. The molecule has 3 rings (SSSR count). The Kier molecular flexibility index (Phi) is 3.98. The van der Waals surface area contributed by atoms with Gasteiger partial charge in [-0.15, -0.1) is 0 Å². The van der Waals surface area contributed by atoms with Gasteiger partial charge in [-0.2, -0.15) is 0 Å². The highest BCUT2D eigenvalue weighted by molar-refractivity contribution is 6.30. The number of Topliss-reactive ketones (excluding diaryl/α,β-unsaturated/α-hetero) is 1. The summed E-state index contributed by atoms with van der Waals surface area (Å²) in [6.07, 6.45) is 2.66. The lowest BCUT2D eigenvalue weighted by molar-refractivity contribution is 0.0905. The molecule has 1 aliphatic rings. The molecular weight excluding hydrogens is 284 g/mol. The lowest BCUT2D eigenvalue weighted by Gasteiger charge is -2.24. The summed E-state index contributed by atoms with van der Waals surface area (Å²) >= 11 is 5.96. The van der Waals surface area contributed by atoms with E-state index in [0.29, 0.717) is 16.3 Å². The first-order valence-electron chi connectivity index (χ1n) is 7.13. The van der Waals surface area contributed by atoms with Crippen molar-refractivity contribution in [3.05, 3.63) is 64.2 Å². The minimum atomic E-state index is 0.0231. The largest absolute Gasteiger partial charge is 0.496 e. The maximum absolute atomic E-state index is 12.8. The Bertz CT molecular complexity index is 679. The maximum atomic E-state index is 12.8. The van der Waals surface area contributed by atoms with E-state index < -0.39 is 0 Å². The fourth-order valence-electron chi connectivity index (χ4n) is 3.01. The Labute approximate surface area is 129 Å². The molecule has 0 N–H and O–H groups in total. The molecule has 0 aromatic heterocycles. The lowest BCUT2D eigenvalue weighted by atomic mass is 9.80. The second kappa shape index (κ2) is 5.90. The van der Waals surface area contributed by atoms with Crippen molar-refractivity contribution in [3.8, 4) is 5.75 Å². The normalized spacial score (nSPS) is 17.1. The van der Waals surface area contributed by atoms with Crippen molar-refractivity contribution >= 4 is 17.4 Å². The number of ether oxygens (including phenoxy) is 1. The first-order chi connectivity index (χ1) is 10.2.